The van der Waals surface area contributed by atoms with Crippen molar-refractivity contribution >= 4 is 11.9 Å². The van der Waals surface area contributed by atoms with Crippen LogP contribution in [0.4, 0.5) is 5.69 Å². The molecule has 128 valence electrons. The van der Waals surface area contributed by atoms with Gasteiger partial charge in [0.05, 0.1) is 29.0 Å². The summed E-state index contributed by atoms with van der Waals surface area (Å²) in [6.07, 6.45) is 1.85. The van der Waals surface area contributed by atoms with Crippen LogP contribution in [0, 0.1) is 34.6 Å². The number of nitrogens with zero attached hydrogens (tertiary/aromatic N) is 3. The first-order valence-electron chi connectivity index (χ1n) is 8.45. The van der Waals surface area contributed by atoms with Gasteiger partial charge in [0.25, 0.3) is 0 Å². The third-order valence-electron chi connectivity index (χ3n) is 4.39. The van der Waals surface area contributed by atoms with E-state index in [2.05, 4.69) is 85.8 Å². The zero-order valence-corrected chi connectivity index (χ0v) is 15.5. The highest BCUT2D eigenvalue weighted by Crippen LogP contribution is 2.18. The SMILES string of the molecule is Cc1ccc(-n2nc(C)c(/C=N/Nc3ccc(C)cc3C)c2C)cc1. The molecule has 1 heterocycles. The van der Waals surface area contributed by atoms with Crippen LogP contribution in [0.15, 0.2) is 47.6 Å². The molecule has 2 aromatic carbocycles. The number of hydrogen-bond acceptors (Lipinski definition) is 3. The van der Waals surface area contributed by atoms with Gasteiger partial charge in [0, 0.05) is 5.56 Å². The van der Waals surface area contributed by atoms with Crippen LogP contribution in [0.1, 0.15) is 33.6 Å². The Morgan fingerprint density at radius 2 is 1.60 bits per heavy atom. The van der Waals surface area contributed by atoms with Crippen LogP contribution in [0.25, 0.3) is 5.69 Å². The summed E-state index contributed by atoms with van der Waals surface area (Å²) >= 11 is 0. The smallest absolute Gasteiger partial charge is 0.0689 e. The Balaban J connectivity index is 1.84. The minimum Gasteiger partial charge on any atom is -0.278 e. The second kappa shape index (κ2) is 6.93. The van der Waals surface area contributed by atoms with Crippen molar-refractivity contribution in [2.45, 2.75) is 34.6 Å². The molecule has 0 aliphatic rings. The maximum absolute atomic E-state index is 4.66. The fourth-order valence-corrected chi connectivity index (χ4v) is 2.88. The molecule has 0 amide bonds. The van der Waals surface area contributed by atoms with Crippen molar-refractivity contribution in [1.29, 1.82) is 0 Å². The molecule has 0 bridgehead atoms. The molecule has 4 heteroatoms. The second-order valence-corrected chi connectivity index (χ2v) is 6.52. The Morgan fingerprint density at radius 3 is 2.28 bits per heavy atom. The topological polar surface area (TPSA) is 42.2 Å². The van der Waals surface area contributed by atoms with Gasteiger partial charge >= 0.3 is 0 Å². The molecule has 0 aliphatic heterocycles. The fraction of sp³-hybridized carbons (Fsp3) is 0.238. The van der Waals surface area contributed by atoms with Crippen LogP contribution in [0.5, 0.6) is 0 Å². The number of benzene rings is 2. The van der Waals surface area contributed by atoms with E-state index in [1.807, 2.05) is 17.8 Å². The first kappa shape index (κ1) is 17.0. The van der Waals surface area contributed by atoms with Gasteiger partial charge in [-0.25, -0.2) is 4.68 Å². The van der Waals surface area contributed by atoms with E-state index in [-0.39, 0.29) is 0 Å². The van der Waals surface area contributed by atoms with E-state index in [0.29, 0.717) is 0 Å². The van der Waals surface area contributed by atoms with Gasteiger partial charge < -0.3 is 0 Å². The Morgan fingerprint density at radius 1 is 0.920 bits per heavy atom. The van der Waals surface area contributed by atoms with Gasteiger partial charge in [0.2, 0.25) is 0 Å². The molecule has 3 rings (SSSR count). The van der Waals surface area contributed by atoms with E-state index in [0.717, 1.165) is 28.3 Å². The quantitative estimate of drug-likeness (QED) is 0.547. The molecule has 25 heavy (non-hydrogen) atoms. The second-order valence-electron chi connectivity index (χ2n) is 6.52. The van der Waals surface area contributed by atoms with Crippen molar-refractivity contribution < 1.29 is 0 Å². The highest BCUT2D eigenvalue weighted by Gasteiger charge is 2.11. The lowest BCUT2D eigenvalue weighted by molar-refractivity contribution is 0.833. The number of nitrogens with one attached hydrogen (secondary N) is 1. The van der Waals surface area contributed by atoms with E-state index >= 15 is 0 Å². The van der Waals surface area contributed by atoms with Crippen molar-refractivity contribution in [3.05, 3.63) is 76.1 Å². The summed E-state index contributed by atoms with van der Waals surface area (Å²) in [6, 6.07) is 14.6. The van der Waals surface area contributed by atoms with Crippen molar-refractivity contribution in [3.63, 3.8) is 0 Å². The molecule has 0 radical (unpaired) electrons. The molecule has 0 fully saturated rings. The summed E-state index contributed by atoms with van der Waals surface area (Å²) in [7, 11) is 0. The van der Waals surface area contributed by atoms with Crippen LogP contribution in [-0.4, -0.2) is 16.0 Å². The molecular weight excluding hydrogens is 308 g/mol. The standard InChI is InChI=1S/C21H24N4/c1-14-6-9-19(10-7-14)25-18(5)20(17(4)24-25)13-22-23-21-11-8-15(2)12-16(21)3/h6-13,23H,1-5H3/b22-13+. The van der Waals surface area contributed by atoms with Crippen LogP contribution in [-0.2, 0) is 0 Å². The van der Waals surface area contributed by atoms with Crippen molar-refractivity contribution in [3.8, 4) is 5.69 Å². The Hall–Kier alpha value is -2.88. The first-order chi connectivity index (χ1) is 12.0. The first-order valence-corrected chi connectivity index (χ1v) is 8.45. The number of hydrogen-bond donors (Lipinski definition) is 1. The molecule has 0 saturated heterocycles. The lowest BCUT2D eigenvalue weighted by Gasteiger charge is -2.06. The molecule has 0 saturated carbocycles. The van der Waals surface area contributed by atoms with Crippen LogP contribution in [0.3, 0.4) is 0 Å². The summed E-state index contributed by atoms with van der Waals surface area (Å²) in [4.78, 5) is 0. The number of aryl methyl sites for hydroxylation is 4. The molecule has 4 nitrogen and oxygen atoms in total. The number of aromatic nitrogens is 2. The lowest BCUT2D eigenvalue weighted by Crippen LogP contribution is -1.99. The van der Waals surface area contributed by atoms with Crippen LogP contribution >= 0.6 is 0 Å². The van der Waals surface area contributed by atoms with Gasteiger partial charge in [-0.15, -0.1) is 0 Å². The van der Waals surface area contributed by atoms with E-state index in [1.165, 1.54) is 16.7 Å². The average molecular weight is 332 g/mol. The van der Waals surface area contributed by atoms with Crippen LogP contribution in [0.2, 0.25) is 0 Å². The highest BCUT2D eigenvalue weighted by atomic mass is 15.3. The molecule has 0 atom stereocenters. The molecular formula is C21H24N4. The predicted molar refractivity (Wildman–Crippen MR) is 105 cm³/mol. The molecule has 0 spiro atoms. The molecule has 3 aromatic rings. The van der Waals surface area contributed by atoms with Gasteiger partial charge in [0.1, 0.15) is 0 Å². The average Bonchev–Trinajstić information content (AvgIpc) is 2.85. The Bertz CT molecular complexity index is 918. The Kier molecular flexibility index (Phi) is 4.70. The molecule has 0 unspecified atom stereocenters. The highest BCUT2D eigenvalue weighted by molar-refractivity contribution is 5.83. The van der Waals surface area contributed by atoms with Gasteiger partial charge in [-0.3, -0.25) is 5.43 Å². The molecule has 1 N–H and O–H groups in total. The molecule has 1 aromatic heterocycles. The van der Waals surface area contributed by atoms with E-state index in [1.54, 1.807) is 0 Å². The minimum atomic E-state index is 0.962. The van der Waals surface area contributed by atoms with Crippen molar-refractivity contribution in [1.82, 2.24) is 9.78 Å². The number of rotatable bonds is 4. The summed E-state index contributed by atoms with van der Waals surface area (Å²) in [5, 5.41) is 9.08. The number of anilines is 1. The van der Waals surface area contributed by atoms with Gasteiger partial charge in [-0.2, -0.15) is 10.2 Å². The summed E-state index contributed by atoms with van der Waals surface area (Å²) < 4.78 is 1.97. The fourth-order valence-electron chi connectivity index (χ4n) is 2.88. The maximum Gasteiger partial charge on any atom is 0.0689 e. The van der Waals surface area contributed by atoms with Gasteiger partial charge in [-0.1, -0.05) is 35.4 Å². The van der Waals surface area contributed by atoms with Gasteiger partial charge in [0.15, 0.2) is 0 Å². The minimum absolute atomic E-state index is 0.962. The molecule has 0 aliphatic carbocycles. The Labute approximate surface area is 149 Å². The monoisotopic (exact) mass is 332 g/mol. The van der Waals surface area contributed by atoms with E-state index < -0.39 is 0 Å². The largest absolute Gasteiger partial charge is 0.278 e. The normalized spacial score (nSPS) is 11.2. The van der Waals surface area contributed by atoms with E-state index in [4.69, 9.17) is 0 Å². The van der Waals surface area contributed by atoms with Crippen LogP contribution < -0.4 is 5.43 Å². The zero-order valence-electron chi connectivity index (χ0n) is 15.5. The van der Waals surface area contributed by atoms with Crippen molar-refractivity contribution in [2.75, 3.05) is 5.43 Å². The van der Waals surface area contributed by atoms with E-state index in [9.17, 15) is 0 Å². The van der Waals surface area contributed by atoms with Gasteiger partial charge in [-0.05, 0) is 58.4 Å². The summed E-state index contributed by atoms with van der Waals surface area (Å²) in [5.74, 6) is 0. The summed E-state index contributed by atoms with van der Waals surface area (Å²) in [5.41, 5.74) is 12.0. The number of hydrazone groups is 1. The van der Waals surface area contributed by atoms with Crippen molar-refractivity contribution in [2.24, 2.45) is 5.10 Å². The maximum atomic E-state index is 4.66. The predicted octanol–water partition coefficient (Wildman–Crippen LogP) is 4.86. The zero-order chi connectivity index (χ0) is 18.0. The summed E-state index contributed by atoms with van der Waals surface area (Å²) in [6.45, 7) is 10.3. The third kappa shape index (κ3) is 3.63. The third-order valence-corrected chi connectivity index (χ3v) is 4.39. The lowest BCUT2D eigenvalue weighted by atomic mass is 10.1.